The maximum absolute atomic E-state index is 12.8. The lowest BCUT2D eigenvalue weighted by Crippen LogP contribution is -2.39. The molecule has 0 bridgehead atoms. The molecule has 0 amide bonds. The van der Waals surface area contributed by atoms with E-state index in [1.54, 1.807) is 4.31 Å². The molecule has 2 heterocycles. The van der Waals surface area contributed by atoms with E-state index >= 15 is 0 Å². The molecule has 1 atom stereocenters. The molecule has 1 aliphatic carbocycles. The lowest BCUT2D eigenvalue weighted by atomic mass is 10.00. The predicted molar refractivity (Wildman–Crippen MR) is 104 cm³/mol. The van der Waals surface area contributed by atoms with Crippen molar-refractivity contribution in [2.45, 2.75) is 43.8 Å². The molecule has 2 aromatic rings. The molecular formula is C20H27N3O4S. The average Bonchev–Trinajstić information content (AvgIpc) is 3.41. The molecule has 28 heavy (non-hydrogen) atoms. The van der Waals surface area contributed by atoms with Crippen molar-refractivity contribution >= 4 is 10.0 Å². The summed E-state index contributed by atoms with van der Waals surface area (Å²) < 4.78 is 38.3. The second kappa shape index (κ2) is 8.71. The Hall–Kier alpha value is -1.77. The molecule has 1 aromatic carbocycles. The van der Waals surface area contributed by atoms with E-state index in [9.17, 15) is 8.42 Å². The first-order valence-electron chi connectivity index (χ1n) is 10.0. The molecule has 2 aliphatic rings. The maximum Gasteiger partial charge on any atom is 0.231 e. The summed E-state index contributed by atoms with van der Waals surface area (Å²) in [6.45, 7) is 2.36. The van der Waals surface area contributed by atoms with E-state index in [4.69, 9.17) is 9.26 Å². The van der Waals surface area contributed by atoms with Crippen LogP contribution in [0, 0.1) is 5.92 Å². The van der Waals surface area contributed by atoms with Crippen molar-refractivity contribution in [3.63, 3.8) is 0 Å². The second-order valence-corrected chi connectivity index (χ2v) is 9.73. The Morgan fingerprint density at radius 3 is 2.79 bits per heavy atom. The monoisotopic (exact) mass is 405 g/mol. The number of sulfonamides is 1. The summed E-state index contributed by atoms with van der Waals surface area (Å²) in [5.74, 6) is 1.89. The quantitative estimate of drug-likeness (QED) is 0.597. The predicted octanol–water partition coefficient (Wildman–Crippen LogP) is 2.75. The van der Waals surface area contributed by atoms with Gasteiger partial charge < -0.3 is 9.26 Å². The van der Waals surface area contributed by atoms with E-state index in [2.05, 4.69) is 10.1 Å². The molecule has 152 valence electrons. The Bertz CT molecular complexity index is 865. The van der Waals surface area contributed by atoms with Gasteiger partial charge in [-0.3, -0.25) is 0 Å². The van der Waals surface area contributed by atoms with Gasteiger partial charge in [0.1, 0.15) is 0 Å². The smallest absolute Gasteiger partial charge is 0.231 e. The Labute approximate surface area is 166 Å². The van der Waals surface area contributed by atoms with Gasteiger partial charge >= 0.3 is 0 Å². The van der Waals surface area contributed by atoms with Crippen LogP contribution in [0.2, 0.25) is 0 Å². The standard InChI is InChI=1S/C20H27N3O4S/c24-28(25,15-17-5-2-1-3-6-17)23-11-4-7-18(13-23)20-21-19(22-27-20)10-12-26-14-16-8-9-16/h1-3,5-6,16,18H,4,7-15H2. The van der Waals surface area contributed by atoms with Crippen molar-refractivity contribution in [3.05, 3.63) is 47.6 Å². The number of ether oxygens (including phenoxy) is 1. The highest BCUT2D eigenvalue weighted by molar-refractivity contribution is 7.88. The summed E-state index contributed by atoms with van der Waals surface area (Å²) >= 11 is 0. The van der Waals surface area contributed by atoms with Crippen LogP contribution in [0.5, 0.6) is 0 Å². The van der Waals surface area contributed by atoms with Gasteiger partial charge in [0.15, 0.2) is 5.82 Å². The molecular weight excluding hydrogens is 378 g/mol. The molecule has 1 aromatic heterocycles. The molecule has 4 rings (SSSR count). The number of rotatable bonds is 9. The lowest BCUT2D eigenvalue weighted by molar-refractivity contribution is 0.125. The largest absolute Gasteiger partial charge is 0.381 e. The van der Waals surface area contributed by atoms with Gasteiger partial charge in [-0.15, -0.1) is 0 Å². The van der Waals surface area contributed by atoms with Gasteiger partial charge in [0.05, 0.1) is 18.3 Å². The Kier molecular flexibility index (Phi) is 6.08. The van der Waals surface area contributed by atoms with Crippen LogP contribution in [-0.4, -0.2) is 49.2 Å². The van der Waals surface area contributed by atoms with Gasteiger partial charge in [-0.05, 0) is 37.2 Å². The fraction of sp³-hybridized carbons (Fsp3) is 0.600. The van der Waals surface area contributed by atoms with Crippen molar-refractivity contribution in [2.75, 3.05) is 26.3 Å². The number of aromatic nitrogens is 2. The summed E-state index contributed by atoms with van der Waals surface area (Å²) in [5.41, 5.74) is 0.802. The highest BCUT2D eigenvalue weighted by Crippen LogP contribution is 2.29. The Morgan fingerprint density at radius 2 is 2.00 bits per heavy atom. The first-order valence-corrected chi connectivity index (χ1v) is 11.6. The fourth-order valence-corrected chi connectivity index (χ4v) is 5.12. The van der Waals surface area contributed by atoms with Crippen LogP contribution in [-0.2, 0) is 26.9 Å². The molecule has 0 radical (unpaired) electrons. The first kappa shape index (κ1) is 19.5. The van der Waals surface area contributed by atoms with E-state index in [0.717, 1.165) is 30.9 Å². The maximum atomic E-state index is 12.8. The molecule has 7 nitrogen and oxygen atoms in total. The van der Waals surface area contributed by atoms with Crippen molar-refractivity contribution in [1.82, 2.24) is 14.4 Å². The van der Waals surface area contributed by atoms with E-state index in [1.807, 2.05) is 30.3 Å². The van der Waals surface area contributed by atoms with E-state index in [1.165, 1.54) is 12.8 Å². The molecule has 2 fully saturated rings. The van der Waals surface area contributed by atoms with Crippen LogP contribution in [0.4, 0.5) is 0 Å². The minimum Gasteiger partial charge on any atom is -0.381 e. The van der Waals surface area contributed by atoms with Gasteiger partial charge in [0.2, 0.25) is 15.9 Å². The van der Waals surface area contributed by atoms with Crippen LogP contribution in [0.15, 0.2) is 34.9 Å². The molecule has 0 spiro atoms. The number of piperidine rings is 1. The third kappa shape index (κ3) is 5.18. The highest BCUT2D eigenvalue weighted by Gasteiger charge is 2.32. The van der Waals surface area contributed by atoms with Crippen LogP contribution < -0.4 is 0 Å². The van der Waals surface area contributed by atoms with Crippen molar-refractivity contribution < 1.29 is 17.7 Å². The van der Waals surface area contributed by atoms with Crippen LogP contribution >= 0.6 is 0 Å². The van der Waals surface area contributed by atoms with Gasteiger partial charge in [-0.25, -0.2) is 12.7 Å². The number of benzene rings is 1. The Balaban J connectivity index is 1.33. The fourth-order valence-electron chi connectivity index (χ4n) is 3.51. The van der Waals surface area contributed by atoms with Crippen LogP contribution in [0.25, 0.3) is 0 Å². The number of hydrogen-bond acceptors (Lipinski definition) is 6. The molecule has 1 saturated heterocycles. The summed E-state index contributed by atoms with van der Waals surface area (Å²) in [7, 11) is -3.37. The summed E-state index contributed by atoms with van der Waals surface area (Å²) in [6, 6.07) is 9.29. The zero-order chi connectivity index (χ0) is 19.4. The molecule has 1 saturated carbocycles. The van der Waals surface area contributed by atoms with E-state index in [0.29, 0.717) is 37.8 Å². The van der Waals surface area contributed by atoms with Crippen molar-refractivity contribution in [2.24, 2.45) is 5.92 Å². The van der Waals surface area contributed by atoms with Gasteiger partial charge in [0.25, 0.3) is 0 Å². The van der Waals surface area contributed by atoms with Crippen molar-refractivity contribution in [3.8, 4) is 0 Å². The van der Waals surface area contributed by atoms with Gasteiger partial charge in [-0.1, -0.05) is 35.5 Å². The van der Waals surface area contributed by atoms with Crippen LogP contribution in [0.3, 0.4) is 0 Å². The second-order valence-electron chi connectivity index (χ2n) is 7.76. The summed E-state index contributed by atoms with van der Waals surface area (Å²) in [5, 5.41) is 4.04. The highest BCUT2D eigenvalue weighted by atomic mass is 32.2. The minimum atomic E-state index is -3.37. The number of nitrogens with zero attached hydrogens (tertiary/aromatic N) is 3. The molecule has 0 N–H and O–H groups in total. The molecule has 1 unspecified atom stereocenters. The van der Waals surface area contributed by atoms with E-state index < -0.39 is 10.0 Å². The topological polar surface area (TPSA) is 85.5 Å². The third-order valence-corrected chi connectivity index (χ3v) is 7.14. The third-order valence-electron chi connectivity index (χ3n) is 5.32. The molecule has 1 aliphatic heterocycles. The minimum absolute atomic E-state index is 0.0218. The van der Waals surface area contributed by atoms with E-state index in [-0.39, 0.29) is 11.7 Å². The number of hydrogen-bond donors (Lipinski definition) is 0. The molecule has 8 heteroatoms. The zero-order valence-electron chi connectivity index (χ0n) is 16.0. The van der Waals surface area contributed by atoms with Crippen molar-refractivity contribution in [1.29, 1.82) is 0 Å². The SMILES string of the molecule is O=S(=O)(Cc1ccccc1)N1CCCC(c2nc(CCOCC3CC3)no2)C1. The van der Waals surface area contributed by atoms with Gasteiger partial charge in [-0.2, -0.15) is 4.98 Å². The average molecular weight is 406 g/mol. The Morgan fingerprint density at radius 1 is 1.18 bits per heavy atom. The zero-order valence-corrected chi connectivity index (χ0v) is 16.8. The van der Waals surface area contributed by atoms with Gasteiger partial charge in [0, 0.05) is 26.1 Å². The summed E-state index contributed by atoms with van der Waals surface area (Å²) in [6.07, 6.45) is 4.83. The van der Waals surface area contributed by atoms with Crippen LogP contribution in [0.1, 0.15) is 48.9 Å². The first-order chi connectivity index (χ1) is 13.6. The summed E-state index contributed by atoms with van der Waals surface area (Å²) in [4.78, 5) is 4.49. The lowest BCUT2D eigenvalue weighted by Gasteiger charge is -2.30. The normalized spacial score (nSPS) is 21.1.